The zero-order valence-corrected chi connectivity index (χ0v) is 10.9. The van der Waals surface area contributed by atoms with E-state index in [4.69, 9.17) is 5.21 Å². The van der Waals surface area contributed by atoms with E-state index in [1.54, 1.807) is 0 Å². The van der Waals surface area contributed by atoms with Crippen LogP contribution in [0.25, 0.3) is 0 Å². The van der Waals surface area contributed by atoms with Crippen LogP contribution in [0.4, 0.5) is 0 Å². The Bertz CT molecular complexity index is 328. The molecule has 4 rings (SSSR count). The van der Waals surface area contributed by atoms with Crippen molar-refractivity contribution in [1.82, 2.24) is 0 Å². The lowest BCUT2D eigenvalue weighted by atomic mass is 9.48. The minimum Gasteiger partial charge on any atom is -0.411 e. The molecule has 4 aliphatic carbocycles. The molecule has 0 saturated heterocycles. The number of halogens is 1. The van der Waals surface area contributed by atoms with Crippen molar-refractivity contribution < 1.29 is 10.3 Å². The normalized spacial score (nSPS) is 51.0. The average Bonchev–Trinajstić information content (AvgIpc) is 2.14. The van der Waals surface area contributed by atoms with Crippen LogP contribution in [0, 0.1) is 17.3 Å². The summed E-state index contributed by atoms with van der Waals surface area (Å²) in [5.74, 6) is 1.51. The van der Waals surface area contributed by atoms with Crippen LogP contribution in [-0.4, -0.2) is 27.0 Å². The SMILES string of the molecule is OC/C(=N/O)C12C[C@@H]3C[C@@H](CC(Br)(C3)C1)C2. The largest absolute Gasteiger partial charge is 0.411 e. The molecule has 4 saturated carbocycles. The smallest absolute Gasteiger partial charge is 0.0886 e. The molecule has 4 fully saturated rings. The maximum Gasteiger partial charge on any atom is 0.0886 e. The van der Waals surface area contributed by atoms with Gasteiger partial charge in [0.05, 0.1) is 12.3 Å². The van der Waals surface area contributed by atoms with Gasteiger partial charge in [0, 0.05) is 9.74 Å². The van der Waals surface area contributed by atoms with Crippen molar-refractivity contribution in [1.29, 1.82) is 0 Å². The van der Waals surface area contributed by atoms with Gasteiger partial charge in [-0.25, -0.2) is 0 Å². The van der Waals surface area contributed by atoms with Crippen molar-refractivity contribution >= 4 is 21.6 Å². The summed E-state index contributed by atoms with van der Waals surface area (Å²) in [6.45, 7) is -0.0982. The second-order valence-corrected chi connectivity index (χ2v) is 7.78. The molecule has 4 aliphatic rings. The highest BCUT2D eigenvalue weighted by Gasteiger charge is 2.58. The van der Waals surface area contributed by atoms with E-state index < -0.39 is 0 Å². The summed E-state index contributed by atoms with van der Waals surface area (Å²) in [5, 5.41) is 21.8. The highest BCUT2D eigenvalue weighted by molar-refractivity contribution is 9.10. The van der Waals surface area contributed by atoms with Gasteiger partial charge in [0.2, 0.25) is 0 Å². The van der Waals surface area contributed by atoms with E-state index in [1.807, 2.05) is 0 Å². The Kier molecular flexibility index (Phi) is 2.38. The van der Waals surface area contributed by atoms with Crippen molar-refractivity contribution in [2.45, 2.75) is 42.8 Å². The lowest BCUT2D eigenvalue weighted by molar-refractivity contribution is 0.00332. The second-order valence-electron chi connectivity index (χ2n) is 6.10. The fourth-order valence-electron chi connectivity index (χ4n) is 4.79. The Morgan fingerprint density at radius 1 is 1.25 bits per heavy atom. The molecule has 4 heteroatoms. The third-order valence-electron chi connectivity index (χ3n) is 4.87. The fourth-order valence-corrected chi connectivity index (χ4v) is 6.25. The van der Waals surface area contributed by atoms with Crippen molar-refractivity contribution in [3.63, 3.8) is 0 Å². The molecular formula is C12H18BrNO2. The molecule has 0 aromatic rings. The van der Waals surface area contributed by atoms with E-state index in [0.717, 1.165) is 31.1 Å². The number of nitrogens with zero attached hydrogens (tertiary/aromatic N) is 1. The van der Waals surface area contributed by atoms with Crippen LogP contribution in [0.3, 0.4) is 0 Å². The maximum absolute atomic E-state index is 9.36. The van der Waals surface area contributed by atoms with Gasteiger partial charge in [-0.05, 0) is 50.4 Å². The summed E-state index contributed by atoms with van der Waals surface area (Å²) in [6.07, 6.45) is 7.10. The summed E-state index contributed by atoms with van der Waals surface area (Å²) >= 11 is 3.90. The van der Waals surface area contributed by atoms with E-state index in [-0.39, 0.29) is 16.3 Å². The van der Waals surface area contributed by atoms with Gasteiger partial charge in [0.1, 0.15) is 0 Å². The number of alkyl halides is 1. The molecule has 0 aliphatic heterocycles. The number of hydrogen-bond donors (Lipinski definition) is 2. The van der Waals surface area contributed by atoms with Gasteiger partial charge in [-0.2, -0.15) is 0 Å². The standard InChI is InChI=1S/C12H18BrNO2/c13-12-4-8-1-9(5-12)3-11(2-8,7-12)10(6-15)14-16/h8-9,15-16H,1-7H2/b14-10-/t8-,9+,11?,12?. The van der Waals surface area contributed by atoms with Gasteiger partial charge < -0.3 is 10.3 Å². The fraction of sp³-hybridized carbons (Fsp3) is 0.917. The molecule has 2 N–H and O–H groups in total. The first-order chi connectivity index (χ1) is 7.59. The van der Waals surface area contributed by atoms with Gasteiger partial charge >= 0.3 is 0 Å². The Balaban J connectivity index is 1.97. The second kappa shape index (κ2) is 3.45. The summed E-state index contributed by atoms with van der Waals surface area (Å²) < 4.78 is 0.252. The Labute approximate surface area is 104 Å². The molecule has 3 nitrogen and oxygen atoms in total. The van der Waals surface area contributed by atoms with Crippen molar-refractivity contribution in [2.24, 2.45) is 22.4 Å². The van der Waals surface area contributed by atoms with Gasteiger partial charge in [-0.3, -0.25) is 0 Å². The van der Waals surface area contributed by atoms with Crippen LogP contribution < -0.4 is 0 Å². The number of aliphatic hydroxyl groups is 1. The van der Waals surface area contributed by atoms with Crippen LogP contribution in [0.2, 0.25) is 0 Å². The molecule has 0 heterocycles. The van der Waals surface area contributed by atoms with Crippen molar-refractivity contribution in [2.75, 3.05) is 6.61 Å². The monoisotopic (exact) mass is 287 g/mol. The summed E-state index contributed by atoms with van der Waals surface area (Å²) in [6, 6.07) is 0. The molecule has 90 valence electrons. The topological polar surface area (TPSA) is 52.8 Å². The molecule has 4 atom stereocenters. The lowest BCUT2D eigenvalue weighted by Gasteiger charge is -2.60. The minimum absolute atomic E-state index is 0.0168. The van der Waals surface area contributed by atoms with E-state index in [0.29, 0.717) is 5.71 Å². The zero-order valence-electron chi connectivity index (χ0n) is 9.32. The summed E-state index contributed by atoms with van der Waals surface area (Å²) in [4.78, 5) is 0. The van der Waals surface area contributed by atoms with Gasteiger partial charge in [-0.15, -0.1) is 0 Å². The van der Waals surface area contributed by atoms with E-state index in [9.17, 15) is 5.11 Å². The van der Waals surface area contributed by atoms with Gasteiger partial charge in [0.25, 0.3) is 0 Å². The quantitative estimate of drug-likeness (QED) is 0.355. The van der Waals surface area contributed by atoms with Crippen molar-refractivity contribution in [3.8, 4) is 0 Å². The molecule has 0 amide bonds. The molecule has 0 radical (unpaired) electrons. The van der Waals surface area contributed by atoms with Crippen LogP contribution in [0.5, 0.6) is 0 Å². The first kappa shape index (κ1) is 11.0. The number of hydrogen-bond acceptors (Lipinski definition) is 3. The van der Waals surface area contributed by atoms with E-state index in [2.05, 4.69) is 21.1 Å². The number of rotatable bonds is 2. The first-order valence-corrected chi connectivity index (χ1v) is 6.90. The summed E-state index contributed by atoms with van der Waals surface area (Å²) in [5.41, 5.74) is 0.599. The predicted octanol–water partition coefficient (Wildman–Crippen LogP) is 2.54. The lowest BCUT2D eigenvalue weighted by Crippen LogP contribution is -2.56. The van der Waals surface area contributed by atoms with Crippen LogP contribution in [0.15, 0.2) is 5.16 Å². The third kappa shape index (κ3) is 1.46. The van der Waals surface area contributed by atoms with Gasteiger partial charge in [0.15, 0.2) is 0 Å². The molecule has 0 aromatic heterocycles. The molecular weight excluding hydrogens is 270 g/mol. The highest BCUT2D eigenvalue weighted by atomic mass is 79.9. The van der Waals surface area contributed by atoms with Crippen molar-refractivity contribution in [3.05, 3.63) is 0 Å². The maximum atomic E-state index is 9.36. The average molecular weight is 288 g/mol. The highest BCUT2D eigenvalue weighted by Crippen LogP contribution is 2.64. The van der Waals surface area contributed by atoms with Crippen LogP contribution in [-0.2, 0) is 0 Å². The minimum atomic E-state index is -0.0982. The molecule has 4 bridgehead atoms. The third-order valence-corrected chi connectivity index (χ3v) is 5.80. The van der Waals surface area contributed by atoms with E-state index >= 15 is 0 Å². The first-order valence-electron chi connectivity index (χ1n) is 6.10. The Morgan fingerprint density at radius 3 is 2.31 bits per heavy atom. The Hall–Kier alpha value is -0.0900. The summed E-state index contributed by atoms with van der Waals surface area (Å²) in [7, 11) is 0. The predicted molar refractivity (Wildman–Crippen MR) is 65.1 cm³/mol. The zero-order chi connectivity index (χ0) is 11.4. The van der Waals surface area contributed by atoms with Gasteiger partial charge in [-0.1, -0.05) is 21.1 Å². The van der Waals surface area contributed by atoms with Crippen LogP contribution in [0.1, 0.15) is 38.5 Å². The van der Waals surface area contributed by atoms with E-state index in [1.165, 1.54) is 19.3 Å². The van der Waals surface area contributed by atoms with Crippen LogP contribution >= 0.6 is 15.9 Å². The molecule has 0 spiro atoms. The molecule has 16 heavy (non-hydrogen) atoms. The molecule has 0 aromatic carbocycles. The molecule has 2 unspecified atom stereocenters. The number of oxime groups is 1. The Morgan fingerprint density at radius 2 is 1.88 bits per heavy atom. The number of aliphatic hydroxyl groups excluding tert-OH is 1.